The summed E-state index contributed by atoms with van der Waals surface area (Å²) in [5.74, 6) is -0.209. The molecule has 4 bridgehead atoms. The van der Waals surface area contributed by atoms with E-state index in [0.29, 0.717) is 12.5 Å². The average Bonchev–Trinajstić information content (AvgIpc) is 2.94. The molecule has 0 radical (unpaired) electrons. The Hall–Kier alpha value is -0.870. The van der Waals surface area contributed by atoms with Gasteiger partial charge in [-0.2, -0.15) is 0 Å². The minimum atomic E-state index is -0.799. The fourth-order valence-electron chi connectivity index (χ4n) is 8.34. The first-order valence-electron chi connectivity index (χ1n) is 9.55. The van der Waals surface area contributed by atoms with Crippen molar-refractivity contribution < 1.29 is 19.7 Å². The molecule has 4 aliphatic carbocycles. The normalized spacial score (nSPS) is 58.2. The van der Waals surface area contributed by atoms with Crippen LogP contribution in [0.1, 0.15) is 51.9 Å². The molecule has 3 unspecified atom stereocenters. The molecule has 5 rings (SSSR count). The quantitative estimate of drug-likeness (QED) is 0.724. The van der Waals surface area contributed by atoms with Crippen molar-refractivity contribution in [1.29, 1.82) is 0 Å². The van der Waals surface area contributed by atoms with Crippen LogP contribution in [0.25, 0.3) is 0 Å². The first kappa shape index (κ1) is 15.4. The van der Waals surface area contributed by atoms with Gasteiger partial charge in [0.15, 0.2) is 6.29 Å². The highest BCUT2D eigenvalue weighted by atomic mass is 16.6. The molecule has 0 aromatic rings. The van der Waals surface area contributed by atoms with E-state index in [9.17, 15) is 15.0 Å². The van der Waals surface area contributed by atoms with Crippen molar-refractivity contribution in [2.24, 2.45) is 39.9 Å². The van der Waals surface area contributed by atoms with E-state index in [-0.39, 0.29) is 34.0 Å². The maximum atomic E-state index is 12.5. The highest BCUT2D eigenvalue weighted by Crippen LogP contribution is 2.79. The zero-order chi connectivity index (χ0) is 16.9. The molecule has 1 aliphatic heterocycles. The van der Waals surface area contributed by atoms with Crippen molar-refractivity contribution in [1.82, 2.24) is 0 Å². The minimum Gasteiger partial charge on any atom is -0.481 e. The van der Waals surface area contributed by atoms with Crippen molar-refractivity contribution in [2.45, 2.75) is 58.2 Å². The Morgan fingerprint density at radius 1 is 1.33 bits per heavy atom. The van der Waals surface area contributed by atoms with Gasteiger partial charge in [0.2, 0.25) is 0 Å². The second-order valence-corrected chi connectivity index (χ2v) is 9.68. The summed E-state index contributed by atoms with van der Waals surface area (Å²) < 4.78 is 5.90. The fourth-order valence-corrected chi connectivity index (χ4v) is 8.34. The van der Waals surface area contributed by atoms with Gasteiger partial charge in [-0.3, -0.25) is 4.79 Å². The molecule has 8 atom stereocenters. The van der Waals surface area contributed by atoms with Crippen LogP contribution in [0.3, 0.4) is 0 Å². The fraction of sp³-hybridized carbons (Fsp3) is 0.850. The van der Waals surface area contributed by atoms with E-state index in [1.807, 2.05) is 0 Å². The van der Waals surface area contributed by atoms with Gasteiger partial charge in [0.25, 0.3) is 0 Å². The van der Waals surface area contributed by atoms with Gasteiger partial charge < -0.3 is 14.9 Å². The summed E-state index contributed by atoms with van der Waals surface area (Å²) in [5, 5.41) is 21.3. The van der Waals surface area contributed by atoms with Crippen LogP contribution in [0.5, 0.6) is 0 Å². The highest BCUT2D eigenvalue weighted by molar-refractivity contribution is 5.73. The summed E-state index contributed by atoms with van der Waals surface area (Å²) in [7, 11) is 0. The maximum Gasteiger partial charge on any atom is 0.307 e. The smallest absolute Gasteiger partial charge is 0.307 e. The standard InChI is InChI=1S/C20H28O4/c1-11-8-19-9-12(11)4-5-13(19)20-7-3-6-18(2,10-24-17(20)23)15(20)14(19)16(21)22/h12-15,17,23H,1,3-10H2,2H3,(H,21,22)/t12-,13?,14-,15?,17?,18-,19+,20-/m1/s1. The monoisotopic (exact) mass is 332 g/mol. The Balaban J connectivity index is 1.76. The highest BCUT2D eigenvalue weighted by Gasteiger charge is 2.78. The van der Waals surface area contributed by atoms with E-state index in [0.717, 1.165) is 44.9 Å². The predicted molar refractivity (Wildman–Crippen MR) is 88.0 cm³/mol. The van der Waals surface area contributed by atoms with Gasteiger partial charge in [0.05, 0.1) is 12.5 Å². The van der Waals surface area contributed by atoms with Crippen LogP contribution in [0, 0.1) is 39.9 Å². The van der Waals surface area contributed by atoms with Crippen molar-refractivity contribution in [3.05, 3.63) is 12.2 Å². The third-order valence-electron chi connectivity index (χ3n) is 8.84. The second kappa shape index (κ2) is 4.45. The number of aliphatic carboxylic acids is 1. The summed E-state index contributed by atoms with van der Waals surface area (Å²) in [6, 6.07) is 0. The number of rotatable bonds is 1. The van der Waals surface area contributed by atoms with Crippen LogP contribution >= 0.6 is 0 Å². The zero-order valence-electron chi connectivity index (χ0n) is 14.5. The Morgan fingerprint density at radius 2 is 2.12 bits per heavy atom. The molecular formula is C20H28O4. The van der Waals surface area contributed by atoms with E-state index in [1.54, 1.807) is 0 Å². The van der Waals surface area contributed by atoms with Gasteiger partial charge in [0, 0.05) is 5.41 Å². The molecule has 1 heterocycles. The Kier molecular flexibility index (Phi) is 2.85. The Morgan fingerprint density at radius 3 is 2.88 bits per heavy atom. The van der Waals surface area contributed by atoms with E-state index in [4.69, 9.17) is 4.74 Å². The van der Waals surface area contributed by atoms with Gasteiger partial charge in [-0.05, 0) is 67.1 Å². The summed E-state index contributed by atoms with van der Waals surface area (Å²) in [6.07, 6.45) is 6.17. The van der Waals surface area contributed by atoms with E-state index < -0.39 is 12.3 Å². The number of aliphatic hydroxyl groups is 1. The van der Waals surface area contributed by atoms with E-state index in [1.165, 1.54) is 5.57 Å². The molecule has 4 nitrogen and oxygen atoms in total. The first-order chi connectivity index (χ1) is 11.4. The van der Waals surface area contributed by atoms with Gasteiger partial charge in [0.1, 0.15) is 0 Å². The lowest BCUT2D eigenvalue weighted by atomic mass is 9.51. The number of hydrogen-bond donors (Lipinski definition) is 2. The van der Waals surface area contributed by atoms with E-state index in [2.05, 4.69) is 13.5 Å². The van der Waals surface area contributed by atoms with Crippen molar-refractivity contribution >= 4 is 5.97 Å². The number of ether oxygens (including phenoxy) is 1. The molecule has 5 aliphatic rings. The Bertz CT molecular complexity index is 629. The molecule has 0 aromatic carbocycles. The Labute approximate surface area is 143 Å². The number of allylic oxidation sites excluding steroid dienone is 1. The molecule has 24 heavy (non-hydrogen) atoms. The van der Waals surface area contributed by atoms with Gasteiger partial charge >= 0.3 is 5.97 Å². The molecule has 0 amide bonds. The van der Waals surface area contributed by atoms with Crippen molar-refractivity contribution in [3.63, 3.8) is 0 Å². The molecule has 4 heteroatoms. The lowest BCUT2D eigenvalue weighted by Crippen LogP contribution is -2.60. The number of carboxylic acids is 1. The van der Waals surface area contributed by atoms with Crippen molar-refractivity contribution in [2.75, 3.05) is 6.61 Å². The van der Waals surface area contributed by atoms with Crippen molar-refractivity contribution in [3.8, 4) is 0 Å². The van der Waals surface area contributed by atoms with Gasteiger partial charge in [-0.25, -0.2) is 0 Å². The van der Waals surface area contributed by atoms with Crippen LogP contribution < -0.4 is 0 Å². The maximum absolute atomic E-state index is 12.5. The summed E-state index contributed by atoms with van der Waals surface area (Å²) in [5.41, 5.74) is 0.584. The molecule has 1 spiro atoms. The molecule has 132 valence electrons. The lowest BCUT2D eigenvalue weighted by molar-refractivity contribution is -0.293. The van der Waals surface area contributed by atoms with Crippen LogP contribution in [0.2, 0.25) is 0 Å². The van der Waals surface area contributed by atoms with Crippen LogP contribution in [-0.4, -0.2) is 29.1 Å². The minimum absolute atomic E-state index is 0.0367. The number of hydrogen-bond acceptors (Lipinski definition) is 3. The molecule has 1 saturated heterocycles. The second-order valence-electron chi connectivity index (χ2n) is 9.68. The number of aliphatic hydroxyl groups excluding tert-OH is 1. The first-order valence-corrected chi connectivity index (χ1v) is 9.55. The van der Waals surface area contributed by atoms with Crippen LogP contribution in [0.15, 0.2) is 12.2 Å². The summed E-state index contributed by atoms with van der Waals surface area (Å²) in [4.78, 5) is 12.5. The summed E-state index contributed by atoms with van der Waals surface area (Å²) in [6.45, 7) is 7.00. The van der Waals surface area contributed by atoms with Crippen LogP contribution in [-0.2, 0) is 9.53 Å². The SMILES string of the molecule is C=C1C[C@]23C[C@H]1CCC2[C@@]12CCC[C@](C)(COC1O)C2[C@@H]3C(=O)O. The number of carboxylic acid groups (broad SMARTS) is 1. The summed E-state index contributed by atoms with van der Waals surface area (Å²) >= 11 is 0. The zero-order valence-corrected chi connectivity index (χ0v) is 14.5. The molecule has 4 saturated carbocycles. The lowest BCUT2D eigenvalue weighted by Gasteiger charge is -2.59. The third-order valence-corrected chi connectivity index (χ3v) is 8.84. The predicted octanol–water partition coefficient (Wildman–Crippen LogP) is 3.20. The number of fused-ring (bicyclic) bond motifs is 1. The largest absolute Gasteiger partial charge is 0.481 e. The topological polar surface area (TPSA) is 66.8 Å². The van der Waals surface area contributed by atoms with Gasteiger partial charge in [-0.15, -0.1) is 0 Å². The van der Waals surface area contributed by atoms with Gasteiger partial charge in [-0.1, -0.05) is 25.5 Å². The molecule has 5 fully saturated rings. The average molecular weight is 332 g/mol. The molecule has 0 aromatic heterocycles. The third kappa shape index (κ3) is 1.48. The van der Waals surface area contributed by atoms with Crippen LogP contribution in [0.4, 0.5) is 0 Å². The molecule has 2 N–H and O–H groups in total. The van der Waals surface area contributed by atoms with E-state index >= 15 is 0 Å². The molecular weight excluding hydrogens is 304 g/mol. The number of carbonyl (C=O) groups is 1.